The minimum atomic E-state index is -0.236. The Morgan fingerprint density at radius 2 is 2.11 bits per heavy atom. The summed E-state index contributed by atoms with van der Waals surface area (Å²) in [6, 6.07) is 5.96. The highest BCUT2D eigenvalue weighted by Crippen LogP contribution is 2.18. The van der Waals surface area contributed by atoms with Crippen molar-refractivity contribution in [3.8, 4) is 0 Å². The highest BCUT2D eigenvalue weighted by Gasteiger charge is 2.16. The predicted molar refractivity (Wildman–Crippen MR) is 79.8 cm³/mol. The number of aryl methyl sites for hydroxylation is 1. The number of hydrogen-bond acceptors (Lipinski definition) is 2. The Morgan fingerprint density at radius 3 is 2.74 bits per heavy atom. The number of aromatic amines is 1. The number of imidazole rings is 1. The minimum absolute atomic E-state index is 0.0345. The lowest BCUT2D eigenvalue weighted by atomic mass is 10.1. The number of fused-ring (bicyclic) bond motifs is 1. The van der Waals surface area contributed by atoms with Crippen LogP contribution in [0.5, 0.6) is 0 Å². The van der Waals surface area contributed by atoms with E-state index in [0.29, 0.717) is 4.77 Å². The largest absolute Gasteiger partial charge is 0.350 e. The van der Waals surface area contributed by atoms with E-state index in [1.54, 1.807) is 0 Å². The van der Waals surface area contributed by atoms with Crippen LogP contribution in [0.2, 0.25) is 0 Å². The summed E-state index contributed by atoms with van der Waals surface area (Å²) in [6.07, 6.45) is 0. The van der Waals surface area contributed by atoms with Crippen LogP contribution in [0.3, 0.4) is 0 Å². The minimum Gasteiger partial charge on any atom is -0.350 e. The summed E-state index contributed by atoms with van der Waals surface area (Å²) >= 11 is 5.30. The van der Waals surface area contributed by atoms with Crippen LogP contribution in [0.4, 0.5) is 0 Å². The molecule has 0 aliphatic heterocycles. The summed E-state index contributed by atoms with van der Waals surface area (Å²) in [7, 11) is 0. The van der Waals surface area contributed by atoms with E-state index in [1.807, 2.05) is 50.5 Å². The monoisotopic (exact) mass is 277 g/mol. The smallest absolute Gasteiger partial charge is 0.240 e. The summed E-state index contributed by atoms with van der Waals surface area (Å²) in [6.45, 7) is 8.14. The molecule has 1 amide bonds. The molecule has 0 atom stereocenters. The van der Waals surface area contributed by atoms with E-state index in [0.717, 1.165) is 16.6 Å². The molecule has 1 heterocycles. The second-order valence-corrected chi connectivity index (χ2v) is 6.17. The van der Waals surface area contributed by atoms with Crippen molar-refractivity contribution < 1.29 is 4.79 Å². The third-order valence-electron chi connectivity index (χ3n) is 2.81. The van der Waals surface area contributed by atoms with Gasteiger partial charge in [0.1, 0.15) is 6.54 Å². The van der Waals surface area contributed by atoms with Crippen LogP contribution < -0.4 is 5.32 Å². The lowest BCUT2D eigenvalue weighted by molar-refractivity contribution is -0.123. The van der Waals surface area contributed by atoms with Gasteiger partial charge >= 0.3 is 0 Å². The zero-order valence-electron chi connectivity index (χ0n) is 11.7. The number of para-hydroxylation sites is 1. The van der Waals surface area contributed by atoms with E-state index in [1.165, 1.54) is 0 Å². The van der Waals surface area contributed by atoms with Gasteiger partial charge in [0.2, 0.25) is 5.91 Å². The van der Waals surface area contributed by atoms with Crippen LogP contribution >= 0.6 is 12.2 Å². The van der Waals surface area contributed by atoms with E-state index in [2.05, 4.69) is 10.3 Å². The van der Waals surface area contributed by atoms with E-state index in [-0.39, 0.29) is 18.0 Å². The quantitative estimate of drug-likeness (QED) is 0.829. The number of rotatable bonds is 2. The van der Waals surface area contributed by atoms with Crippen molar-refractivity contribution in [1.82, 2.24) is 14.9 Å². The number of hydrogen-bond donors (Lipinski definition) is 2. The van der Waals surface area contributed by atoms with Crippen molar-refractivity contribution in [2.45, 2.75) is 39.8 Å². The van der Waals surface area contributed by atoms with Crippen molar-refractivity contribution in [1.29, 1.82) is 0 Å². The molecule has 2 rings (SSSR count). The fourth-order valence-electron chi connectivity index (χ4n) is 2.15. The Hall–Kier alpha value is -1.62. The molecular formula is C14H19N3OS. The first kappa shape index (κ1) is 13.8. The number of amides is 1. The molecule has 4 nitrogen and oxygen atoms in total. The molecule has 19 heavy (non-hydrogen) atoms. The fourth-order valence-corrected chi connectivity index (χ4v) is 2.42. The third kappa shape index (κ3) is 3.04. The molecule has 0 radical (unpaired) electrons. The Bertz CT molecular complexity index is 676. The molecule has 0 fully saturated rings. The summed E-state index contributed by atoms with van der Waals surface area (Å²) in [5.74, 6) is -0.0345. The van der Waals surface area contributed by atoms with Crippen LogP contribution in [-0.4, -0.2) is 21.0 Å². The second kappa shape index (κ2) is 4.81. The first-order valence-corrected chi connectivity index (χ1v) is 6.68. The summed E-state index contributed by atoms with van der Waals surface area (Å²) in [5, 5.41) is 2.95. The second-order valence-electron chi connectivity index (χ2n) is 5.79. The molecule has 0 bridgehead atoms. The van der Waals surface area contributed by atoms with E-state index < -0.39 is 0 Å². The van der Waals surface area contributed by atoms with Gasteiger partial charge in [0.15, 0.2) is 4.77 Å². The van der Waals surface area contributed by atoms with Gasteiger partial charge in [0.25, 0.3) is 0 Å². The van der Waals surface area contributed by atoms with Crippen molar-refractivity contribution in [3.05, 3.63) is 28.5 Å². The molecule has 0 aliphatic rings. The van der Waals surface area contributed by atoms with Gasteiger partial charge in [-0.3, -0.25) is 4.79 Å². The van der Waals surface area contributed by atoms with Crippen LogP contribution in [-0.2, 0) is 11.3 Å². The van der Waals surface area contributed by atoms with Crippen molar-refractivity contribution >= 4 is 29.2 Å². The van der Waals surface area contributed by atoms with E-state index >= 15 is 0 Å². The lowest BCUT2D eigenvalue weighted by Crippen LogP contribution is -2.42. The Morgan fingerprint density at radius 1 is 1.42 bits per heavy atom. The van der Waals surface area contributed by atoms with Crippen LogP contribution in [0, 0.1) is 11.7 Å². The number of aromatic nitrogens is 2. The number of nitrogens with one attached hydrogen (secondary N) is 2. The fraction of sp³-hybridized carbons (Fsp3) is 0.429. The molecule has 5 heteroatoms. The third-order valence-corrected chi connectivity index (χ3v) is 3.13. The maximum absolute atomic E-state index is 12.0. The van der Waals surface area contributed by atoms with Gasteiger partial charge in [0.05, 0.1) is 11.0 Å². The zero-order valence-corrected chi connectivity index (χ0v) is 12.5. The SMILES string of the molecule is Cc1cccc2[nH]c(=S)n(CC(=O)NC(C)(C)C)c12. The molecule has 1 aromatic heterocycles. The predicted octanol–water partition coefficient (Wildman–Crippen LogP) is 2.92. The highest BCUT2D eigenvalue weighted by molar-refractivity contribution is 7.71. The van der Waals surface area contributed by atoms with Crippen molar-refractivity contribution in [2.24, 2.45) is 0 Å². The van der Waals surface area contributed by atoms with E-state index in [9.17, 15) is 4.79 Å². The molecule has 2 N–H and O–H groups in total. The number of nitrogens with zero attached hydrogens (tertiary/aromatic N) is 1. The molecule has 1 aromatic carbocycles. The molecule has 2 aromatic rings. The average molecular weight is 277 g/mol. The van der Waals surface area contributed by atoms with Gasteiger partial charge in [-0.1, -0.05) is 12.1 Å². The number of benzene rings is 1. The Kier molecular flexibility index (Phi) is 3.49. The maximum atomic E-state index is 12.0. The zero-order chi connectivity index (χ0) is 14.2. The van der Waals surface area contributed by atoms with Gasteiger partial charge in [-0.25, -0.2) is 0 Å². The van der Waals surface area contributed by atoms with Crippen molar-refractivity contribution in [3.63, 3.8) is 0 Å². The van der Waals surface area contributed by atoms with Crippen LogP contribution in [0.25, 0.3) is 11.0 Å². The molecule has 102 valence electrons. The van der Waals surface area contributed by atoms with Crippen LogP contribution in [0.15, 0.2) is 18.2 Å². The van der Waals surface area contributed by atoms with Crippen LogP contribution in [0.1, 0.15) is 26.3 Å². The standard InChI is InChI=1S/C14H19N3OS/c1-9-6-5-7-10-12(9)17(13(19)15-10)8-11(18)16-14(2,3)4/h5-7H,8H2,1-4H3,(H,15,19)(H,16,18). The highest BCUT2D eigenvalue weighted by atomic mass is 32.1. The number of H-pyrrole nitrogens is 1. The molecule has 0 saturated carbocycles. The van der Waals surface area contributed by atoms with Crippen molar-refractivity contribution in [2.75, 3.05) is 0 Å². The summed E-state index contributed by atoms with van der Waals surface area (Å²) in [4.78, 5) is 15.2. The summed E-state index contributed by atoms with van der Waals surface area (Å²) < 4.78 is 2.43. The van der Waals surface area contributed by atoms with Gasteiger partial charge in [-0.05, 0) is 51.5 Å². The normalized spacial score (nSPS) is 11.8. The maximum Gasteiger partial charge on any atom is 0.240 e. The van der Waals surface area contributed by atoms with Gasteiger partial charge < -0.3 is 14.9 Å². The van der Waals surface area contributed by atoms with Gasteiger partial charge in [-0.2, -0.15) is 0 Å². The molecular weight excluding hydrogens is 258 g/mol. The average Bonchev–Trinajstić information content (AvgIpc) is 2.54. The molecule has 0 aliphatic carbocycles. The van der Waals surface area contributed by atoms with E-state index in [4.69, 9.17) is 12.2 Å². The first-order valence-electron chi connectivity index (χ1n) is 6.27. The first-order chi connectivity index (χ1) is 8.78. The Balaban J connectivity index is 2.38. The lowest BCUT2D eigenvalue weighted by Gasteiger charge is -2.20. The van der Waals surface area contributed by atoms with Gasteiger partial charge in [-0.15, -0.1) is 0 Å². The molecule has 0 spiro atoms. The summed E-state index contributed by atoms with van der Waals surface area (Å²) in [5.41, 5.74) is 2.83. The number of carbonyl (C=O) groups excluding carboxylic acids is 1. The molecule has 0 saturated heterocycles. The Labute approximate surface area is 117 Å². The van der Waals surface area contributed by atoms with Gasteiger partial charge in [0, 0.05) is 5.54 Å². The topological polar surface area (TPSA) is 49.8 Å². The molecule has 0 unspecified atom stereocenters. The number of carbonyl (C=O) groups is 1.